The molecule has 94 valence electrons. The molecule has 18 heavy (non-hydrogen) atoms. The molecule has 2 rings (SSSR count). The molecule has 0 unspecified atom stereocenters. The molecular formula is C12H11FN2O2S. The van der Waals surface area contributed by atoms with Crippen LogP contribution in [0.2, 0.25) is 0 Å². The van der Waals surface area contributed by atoms with E-state index in [0.29, 0.717) is 12.8 Å². The first-order valence-corrected chi connectivity index (χ1v) is 6.89. The van der Waals surface area contributed by atoms with Crippen LogP contribution in [-0.2, 0) is 10.0 Å². The lowest BCUT2D eigenvalue weighted by Crippen LogP contribution is -2.33. The van der Waals surface area contributed by atoms with Crippen LogP contribution in [0.15, 0.2) is 35.2 Å². The minimum Gasteiger partial charge on any atom is -0.207 e. The Bertz CT molecular complexity index is 624. The largest absolute Gasteiger partial charge is 0.242 e. The Labute approximate surface area is 105 Å². The van der Waals surface area contributed by atoms with Crippen LogP contribution in [0.4, 0.5) is 4.39 Å². The van der Waals surface area contributed by atoms with Crippen molar-refractivity contribution in [1.82, 2.24) is 4.72 Å². The van der Waals surface area contributed by atoms with Crippen molar-refractivity contribution in [3.63, 3.8) is 0 Å². The summed E-state index contributed by atoms with van der Waals surface area (Å²) >= 11 is 0. The average molecular weight is 266 g/mol. The topological polar surface area (TPSA) is 70.0 Å². The van der Waals surface area contributed by atoms with Crippen molar-refractivity contribution in [1.29, 1.82) is 5.26 Å². The first-order valence-electron chi connectivity index (χ1n) is 5.40. The monoisotopic (exact) mass is 266 g/mol. The number of sulfonamides is 1. The Balaban J connectivity index is 2.36. The second-order valence-corrected chi connectivity index (χ2v) is 5.67. The van der Waals surface area contributed by atoms with Gasteiger partial charge < -0.3 is 0 Å². The molecular weight excluding hydrogens is 255 g/mol. The lowest BCUT2D eigenvalue weighted by Gasteiger charge is -2.13. The smallest absolute Gasteiger partial charge is 0.207 e. The third-order valence-corrected chi connectivity index (χ3v) is 4.27. The van der Waals surface area contributed by atoms with E-state index in [1.54, 1.807) is 6.07 Å². The summed E-state index contributed by atoms with van der Waals surface area (Å²) in [7, 11) is -3.86. The molecule has 0 fully saturated rings. The van der Waals surface area contributed by atoms with E-state index in [-0.39, 0.29) is 10.9 Å². The summed E-state index contributed by atoms with van der Waals surface area (Å²) in [5.74, 6) is -0.829. The van der Waals surface area contributed by atoms with Crippen LogP contribution < -0.4 is 4.72 Å². The predicted molar refractivity (Wildman–Crippen MR) is 63.6 cm³/mol. The number of benzene rings is 1. The van der Waals surface area contributed by atoms with E-state index in [1.807, 2.05) is 12.2 Å². The summed E-state index contributed by atoms with van der Waals surface area (Å²) in [6, 6.07) is 4.94. The quantitative estimate of drug-likeness (QED) is 0.846. The summed E-state index contributed by atoms with van der Waals surface area (Å²) < 4.78 is 40.0. The van der Waals surface area contributed by atoms with E-state index < -0.39 is 21.4 Å². The number of nitrogens with one attached hydrogen (secondary N) is 1. The normalized spacial score (nSPS) is 15.8. The van der Waals surface area contributed by atoms with E-state index in [9.17, 15) is 12.8 Å². The number of halogens is 1. The standard InChI is InChI=1S/C12H11FN2O2S/c13-11-6-3-7-12(10(11)8-14)18(16,17)15-9-4-1-2-5-9/h1-3,6-7,9,15H,4-5H2. The van der Waals surface area contributed by atoms with E-state index in [4.69, 9.17) is 5.26 Å². The minimum atomic E-state index is -3.86. The van der Waals surface area contributed by atoms with Gasteiger partial charge in [-0.2, -0.15) is 5.26 Å². The molecule has 0 atom stereocenters. The first kappa shape index (κ1) is 12.7. The maximum absolute atomic E-state index is 13.4. The van der Waals surface area contributed by atoms with Gasteiger partial charge in [-0.25, -0.2) is 17.5 Å². The van der Waals surface area contributed by atoms with Gasteiger partial charge in [-0.1, -0.05) is 18.2 Å². The second-order valence-electron chi connectivity index (χ2n) is 3.99. The highest BCUT2D eigenvalue weighted by Gasteiger charge is 2.24. The van der Waals surface area contributed by atoms with Crippen molar-refractivity contribution < 1.29 is 12.8 Å². The number of rotatable bonds is 3. The molecule has 1 aliphatic rings. The Morgan fingerprint density at radius 1 is 1.33 bits per heavy atom. The molecule has 4 nitrogen and oxygen atoms in total. The van der Waals surface area contributed by atoms with E-state index in [2.05, 4.69) is 4.72 Å². The molecule has 0 amide bonds. The lowest BCUT2D eigenvalue weighted by atomic mass is 10.2. The van der Waals surface area contributed by atoms with E-state index >= 15 is 0 Å². The van der Waals surface area contributed by atoms with Crippen LogP contribution in [0.3, 0.4) is 0 Å². The van der Waals surface area contributed by atoms with Crippen LogP contribution in [-0.4, -0.2) is 14.5 Å². The molecule has 0 bridgehead atoms. The van der Waals surface area contributed by atoms with Crippen LogP contribution in [0.25, 0.3) is 0 Å². The average Bonchev–Trinajstić information content (AvgIpc) is 2.80. The van der Waals surface area contributed by atoms with Crippen molar-refractivity contribution in [3.8, 4) is 6.07 Å². The molecule has 0 heterocycles. The molecule has 0 saturated carbocycles. The van der Waals surface area contributed by atoms with Gasteiger partial charge in [0.25, 0.3) is 0 Å². The van der Waals surface area contributed by atoms with Gasteiger partial charge in [0.05, 0.1) is 0 Å². The summed E-state index contributed by atoms with van der Waals surface area (Å²) in [6.07, 6.45) is 4.97. The van der Waals surface area contributed by atoms with Crippen molar-refractivity contribution in [2.45, 2.75) is 23.8 Å². The maximum atomic E-state index is 13.4. The van der Waals surface area contributed by atoms with Crippen molar-refractivity contribution in [2.24, 2.45) is 0 Å². The Morgan fingerprint density at radius 2 is 2.00 bits per heavy atom. The Morgan fingerprint density at radius 3 is 2.61 bits per heavy atom. The van der Waals surface area contributed by atoms with Crippen LogP contribution >= 0.6 is 0 Å². The second kappa shape index (κ2) is 4.88. The number of nitriles is 1. The summed E-state index contributed by atoms with van der Waals surface area (Å²) in [4.78, 5) is -0.308. The number of hydrogen-bond donors (Lipinski definition) is 1. The van der Waals surface area contributed by atoms with E-state index in [1.165, 1.54) is 12.1 Å². The zero-order chi connectivity index (χ0) is 13.2. The van der Waals surface area contributed by atoms with E-state index in [0.717, 1.165) is 6.07 Å². The molecule has 0 radical (unpaired) electrons. The first-order chi connectivity index (χ1) is 8.54. The lowest BCUT2D eigenvalue weighted by molar-refractivity contribution is 0.554. The number of nitrogens with zero attached hydrogens (tertiary/aromatic N) is 1. The van der Waals surface area contributed by atoms with Crippen molar-refractivity contribution in [2.75, 3.05) is 0 Å². The van der Waals surface area contributed by atoms with Gasteiger partial charge in [0.15, 0.2) is 0 Å². The summed E-state index contributed by atoms with van der Waals surface area (Å²) in [5, 5.41) is 8.83. The molecule has 1 aromatic carbocycles. The fraction of sp³-hybridized carbons (Fsp3) is 0.250. The molecule has 1 aromatic rings. The van der Waals surface area contributed by atoms with Gasteiger partial charge in [0.1, 0.15) is 22.3 Å². The highest BCUT2D eigenvalue weighted by atomic mass is 32.2. The Kier molecular flexibility index (Phi) is 3.45. The molecule has 0 spiro atoms. The van der Waals surface area contributed by atoms with Gasteiger partial charge in [0, 0.05) is 6.04 Å². The zero-order valence-electron chi connectivity index (χ0n) is 9.43. The van der Waals surface area contributed by atoms with Gasteiger partial charge in [-0.3, -0.25) is 0 Å². The van der Waals surface area contributed by atoms with Crippen LogP contribution in [0.1, 0.15) is 18.4 Å². The molecule has 0 saturated heterocycles. The van der Waals surface area contributed by atoms with Crippen molar-refractivity contribution >= 4 is 10.0 Å². The molecule has 6 heteroatoms. The molecule has 0 aromatic heterocycles. The zero-order valence-corrected chi connectivity index (χ0v) is 10.2. The predicted octanol–water partition coefficient (Wildman–Crippen LogP) is 1.69. The fourth-order valence-corrected chi connectivity index (χ4v) is 3.26. The molecule has 0 aliphatic heterocycles. The van der Waals surface area contributed by atoms with Crippen LogP contribution in [0, 0.1) is 17.1 Å². The third kappa shape index (κ3) is 2.42. The SMILES string of the molecule is N#Cc1c(F)cccc1S(=O)(=O)NC1CC=CC1. The van der Waals surface area contributed by atoms with Gasteiger partial charge in [0.2, 0.25) is 10.0 Å². The van der Waals surface area contributed by atoms with Gasteiger partial charge >= 0.3 is 0 Å². The fourth-order valence-electron chi connectivity index (χ4n) is 1.83. The Hall–Kier alpha value is -1.71. The number of hydrogen-bond acceptors (Lipinski definition) is 3. The maximum Gasteiger partial charge on any atom is 0.242 e. The minimum absolute atomic E-state index is 0.218. The highest BCUT2D eigenvalue weighted by Crippen LogP contribution is 2.20. The van der Waals surface area contributed by atoms with Gasteiger partial charge in [-0.15, -0.1) is 0 Å². The van der Waals surface area contributed by atoms with Crippen molar-refractivity contribution in [3.05, 3.63) is 41.7 Å². The molecule has 1 aliphatic carbocycles. The summed E-state index contributed by atoms with van der Waals surface area (Å²) in [5.41, 5.74) is -0.448. The van der Waals surface area contributed by atoms with Crippen LogP contribution in [0.5, 0.6) is 0 Å². The summed E-state index contributed by atoms with van der Waals surface area (Å²) in [6.45, 7) is 0. The highest BCUT2D eigenvalue weighted by molar-refractivity contribution is 7.89. The van der Waals surface area contributed by atoms with Gasteiger partial charge in [-0.05, 0) is 25.0 Å². The third-order valence-electron chi connectivity index (χ3n) is 2.71. The molecule has 1 N–H and O–H groups in total.